The number of carbonyl (C=O) groups is 1. The van der Waals surface area contributed by atoms with Crippen LogP contribution in [0.3, 0.4) is 0 Å². The second-order valence-electron chi connectivity index (χ2n) is 7.89. The van der Waals surface area contributed by atoms with E-state index in [0.29, 0.717) is 0 Å². The maximum absolute atomic E-state index is 12.5. The molecule has 5 heteroatoms. The lowest BCUT2D eigenvalue weighted by atomic mass is 9.92. The number of hydrogen-bond donors (Lipinski definition) is 3. The Morgan fingerprint density at radius 1 is 1.16 bits per heavy atom. The van der Waals surface area contributed by atoms with Crippen LogP contribution in [0.15, 0.2) is 24.3 Å². The van der Waals surface area contributed by atoms with Crippen LogP contribution in [0.25, 0.3) is 0 Å². The highest BCUT2D eigenvalue weighted by Gasteiger charge is 2.57. The molecule has 1 spiro atoms. The Morgan fingerprint density at radius 2 is 1.88 bits per heavy atom. The molecular weight excluding hydrogens is 316 g/mol. The molecule has 1 heterocycles. The van der Waals surface area contributed by atoms with Gasteiger partial charge >= 0.3 is 0 Å². The molecule has 0 aromatic heterocycles. The fourth-order valence-corrected chi connectivity index (χ4v) is 4.43. The molecule has 1 aliphatic heterocycles. The molecule has 3 aliphatic rings. The molecular formula is C20H28N2O3. The Hall–Kier alpha value is -1.59. The lowest BCUT2D eigenvalue weighted by Gasteiger charge is -2.28. The molecule has 1 saturated heterocycles. The second kappa shape index (κ2) is 6.96. The van der Waals surface area contributed by atoms with Crippen LogP contribution in [0.5, 0.6) is 5.75 Å². The summed E-state index contributed by atoms with van der Waals surface area (Å²) in [5.74, 6) is 1.08. The average molecular weight is 344 g/mol. The van der Waals surface area contributed by atoms with Gasteiger partial charge in [-0.15, -0.1) is 0 Å². The van der Waals surface area contributed by atoms with E-state index in [1.54, 1.807) is 0 Å². The number of aliphatic hydroxyl groups excluding tert-OH is 1. The van der Waals surface area contributed by atoms with Crippen molar-refractivity contribution in [3.05, 3.63) is 24.3 Å². The molecule has 25 heavy (non-hydrogen) atoms. The zero-order valence-electron chi connectivity index (χ0n) is 14.7. The normalized spacial score (nSPS) is 30.7. The molecule has 2 saturated carbocycles. The summed E-state index contributed by atoms with van der Waals surface area (Å²) in [6, 6.07) is 7.54. The average Bonchev–Trinajstić information content (AvgIpc) is 3.32. The van der Waals surface area contributed by atoms with E-state index in [1.165, 1.54) is 0 Å². The number of aliphatic hydroxyl groups is 1. The van der Waals surface area contributed by atoms with Crippen molar-refractivity contribution in [1.29, 1.82) is 0 Å². The topological polar surface area (TPSA) is 70.6 Å². The van der Waals surface area contributed by atoms with Crippen molar-refractivity contribution in [1.82, 2.24) is 5.32 Å². The first kappa shape index (κ1) is 16.9. The first-order chi connectivity index (χ1) is 12.2. The maximum Gasteiger partial charge on any atom is 0.228 e. The molecule has 1 amide bonds. The summed E-state index contributed by atoms with van der Waals surface area (Å²) in [4.78, 5) is 12.5. The minimum atomic E-state index is -0.371. The van der Waals surface area contributed by atoms with Crippen molar-refractivity contribution in [3.63, 3.8) is 0 Å². The zero-order valence-corrected chi connectivity index (χ0v) is 14.7. The van der Waals surface area contributed by atoms with Crippen molar-refractivity contribution in [2.24, 2.45) is 11.3 Å². The van der Waals surface area contributed by atoms with E-state index in [-0.39, 0.29) is 29.4 Å². The molecule has 136 valence electrons. The number of anilines is 1. The molecule has 0 radical (unpaired) electrons. The summed E-state index contributed by atoms with van der Waals surface area (Å²) in [5.41, 5.74) is 1.08. The predicted octanol–water partition coefficient (Wildman–Crippen LogP) is 2.70. The van der Waals surface area contributed by atoms with E-state index < -0.39 is 0 Å². The van der Waals surface area contributed by atoms with Gasteiger partial charge in [-0.25, -0.2) is 0 Å². The second-order valence-corrected chi connectivity index (χ2v) is 7.89. The quantitative estimate of drug-likeness (QED) is 0.785. The smallest absolute Gasteiger partial charge is 0.228 e. The van der Waals surface area contributed by atoms with Crippen LogP contribution in [0.4, 0.5) is 5.69 Å². The summed E-state index contributed by atoms with van der Waals surface area (Å²) in [6.07, 6.45) is 6.67. The van der Waals surface area contributed by atoms with Crippen molar-refractivity contribution in [2.45, 2.75) is 57.2 Å². The molecule has 3 N–H and O–H groups in total. The van der Waals surface area contributed by atoms with Crippen LogP contribution in [-0.2, 0) is 4.79 Å². The number of amides is 1. The predicted molar refractivity (Wildman–Crippen MR) is 96.6 cm³/mol. The SMILES string of the molecule is O=C(Nc1ccc(OC2CCCCC2O)cc1)C1CC12CCNCC2. The molecule has 3 unspecified atom stereocenters. The third-order valence-corrected chi connectivity index (χ3v) is 6.18. The highest BCUT2D eigenvalue weighted by Crippen LogP contribution is 2.58. The number of carbonyl (C=O) groups excluding carboxylic acids is 1. The molecule has 3 fully saturated rings. The third-order valence-electron chi connectivity index (χ3n) is 6.18. The van der Waals surface area contributed by atoms with Gasteiger partial charge in [-0.05, 0) is 81.3 Å². The molecule has 4 rings (SSSR count). The molecule has 2 aliphatic carbocycles. The fourth-order valence-electron chi connectivity index (χ4n) is 4.43. The van der Waals surface area contributed by atoms with Gasteiger partial charge in [0.2, 0.25) is 5.91 Å². The van der Waals surface area contributed by atoms with E-state index in [1.807, 2.05) is 24.3 Å². The summed E-state index contributed by atoms with van der Waals surface area (Å²) in [6.45, 7) is 2.06. The van der Waals surface area contributed by atoms with Gasteiger partial charge in [-0.2, -0.15) is 0 Å². The Morgan fingerprint density at radius 3 is 2.60 bits per heavy atom. The van der Waals surface area contributed by atoms with Gasteiger partial charge in [-0.1, -0.05) is 6.42 Å². The summed E-state index contributed by atoms with van der Waals surface area (Å²) < 4.78 is 5.91. The van der Waals surface area contributed by atoms with Gasteiger partial charge in [0.25, 0.3) is 0 Å². The number of ether oxygens (including phenoxy) is 1. The Kier molecular flexibility index (Phi) is 4.69. The monoisotopic (exact) mass is 344 g/mol. The van der Waals surface area contributed by atoms with Gasteiger partial charge < -0.3 is 20.5 Å². The van der Waals surface area contributed by atoms with Crippen LogP contribution in [0, 0.1) is 11.3 Å². The molecule has 5 nitrogen and oxygen atoms in total. The van der Waals surface area contributed by atoms with E-state index in [9.17, 15) is 9.90 Å². The lowest BCUT2D eigenvalue weighted by molar-refractivity contribution is -0.118. The largest absolute Gasteiger partial charge is 0.488 e. The van der Waals surface area contributed by atoms with E-state index in [2.05, 4.69) is 10.6 Å². The highest BCUT2D eigenvalue weighted by atomic mass is 16.5. The van der Waals surface area contributed by atoms with Crippen LogP contribution in [0.1, 0.15) is 44.9 Å². The van der Waals surface area contributed by atoms with E-state index in [4.69, 9.17) is 4.74 Å². The van der Waals surface area contributed by atoms with Gasteiger partial charge in [0.1, 0.15) is 11.9 Å². The minimum absolute atomic E-state index is 0.111. The van der Waals surface area contributed by atoms with Crippen molar-refractivity contribution in [2.75, 3.05) is 18.4 Å². The standard InChI is InChI=1S/C20H28N2O3/c23-17-3-1-2-4-18(17)25-15-7-5-14(6-8-15)22-19(24)16-13-20(16)9-11-21-12-10-20/h5-8,16-18,21,23H,1-4,9-13H2,(H,22,24). The first-order valence-corrected chi connectivity index (χ1v) is 9.63. The maximum atomic E-state index is 12.5. The summed E-state index contributed by atoms with van der Waals surface area (Å²) in [5, 5.41) is 16.4. The van der Waals surface area contributed by atoms with Crippen molar-refractivity contribution in [3.8, 4) is 5.75 Å². The first-order valence-electron chi connectivity index (χ1n) is 9.63. The lowest BCUT2D eigenvalue weighted by Crippen LogP contribution is -2.34. The summed E-state index contributed by atoms with van der Waals surface area (Å²) in [7, 11) is 0. The van der Waals surface area contributed by atoms with Crippen LogP contribution < -0.4 is 15.4 Å². The van der Waals surface area contributed by atoms with Gasteiger partial charge in [-0.3, -0.25) is 4.79 Å². The van der Waals surface area contributed by atoms with E-state index in [0.717, 1.165) is 69.5 Å². The molecule has 1 aromatic rings. The van der Waals surface area contributed by atoms with Crippen LogP contribution >= 0.6 is 0 Å². The third kappa shape index (κ3) is 3.67. The Balaban J connectivity index is 1.31. The molecule has 1 aromatic carbocycles. The minimum Gasteiger partial charge on any atom is -0.488 e. The van der Waals surface area contributed by atoms with Gasteiger partial charge in [0.05, 0.1) is 6.10 Å². The van der Waals surface area contributed by atoms with Crippen molar-refractivity contribution < 1.29 is 14.6 Å². The molecule has 0 bridgehead atoms. The van der Waals surface area contributed by atoms with Crippen LogP contribution in [0.2, 0.25) is 0 Å². The van der Waals surface area contributed by atoms with Crippen LogP contribution in [-0.4, -0.2) is 36.3 Å². The zero-order chi connectivity index (χ0) is 17.3. The number of hydrogen-bond acceptors (Lipinski definition) is 4. The summed E-state index contributed by atoms with van der Waals surface area (Å²) >= 11 is 0. The number of rotatable bonds is 4. The number of piperidine rings is 1. The van der Waals surface area contributed by atoms with Gasteiger partial charge in [0, 0.05) is 11.6 Å². The number of benzene rings is 1. The Labute approximate surface area is 149 Å². The Bertz CT molecular complexity index is 610. The van der Waals surface area contributed by atoms with Crippen molar-refractivity contribution >= 4 is 11.6 Å². The fraction of sp³-hybridized carbons (Fsp3) is 0.650. The molecule has 3 atom stereocenters. The van der Waals surface area contributed by atoms with E-state index >= 15 is 0 Å². The highest BCUT2D eigenvalue weighted by molar-refractivity contribution is 5.95. The number of nitrogens with one attached hydrogen (secondary N) is 2. The van der Waals surface area contributed by atoms with Gasteiger partial charge in [0.15, 0.2) is 0 Å².